The van der Waals surface area contributed by atoms with Crippen molar-refractivity contribution in [3.8, 4) is 28.5 Å². The standard InChI is InChI=1S/C27H21F3N4O4/c1-36-21-11-16(12-22(37-2)24(21)38-3)20-13-23(27(28,29)30)34-25(32-20)18(14-31-34)26(35)33-19-10-6-8-15-7-4-5-9-17(15)19/h4-14H,1-3H3,(H,33,35). The molecule has 0 aliphatic heterocycles. The fourth-order valence-corrected chi connectivity index (χ4v) is 4.23. The van der Waals surface area contributed by atoms with E-state index in [1.165, 1.54) is 33.5 Å². The number of aromatic nitrogens is 3. The van der Waals surface area contributed by atoms with Crippen LogP contribution in [0.15, 0.2) is 66.9 Å². The molecular weight excluding hydrogens is 501 g/mol. The van der Waals surface area contributed by atoms with Crippen LogP contribution in [-0.4, -0.2) is 41.8 Å². The molecule has 5 rings (SSSR count). The van der Waals surface area contributed by atoms with Gasteiger partial charge >= 0.3 is 6.18 Å². The second kappa shape index (κ2) is 9.58. The summed E-state index contributed by atoms with van der Waals surface area (Å²) in [6.45, 7) is 0. The van der Waals surface area contributed by atoms with Crippen molar-refractivity contribution < 1.29 is 32.2 Å². The molecule has 0 fully saturated rings. The molecule has 1 amide bonds. The number of halogens is 3. The topological polar surface area (TPSA) is 87.0 Å². The van der Waals surface area contributed by atoms with Crippen LogP contribution in [0.1, 0.15) is 16.1 Å². The molecule has 0 aliphatic rings. The number of carbonyl (C=O) groups is 1. The molecule has 38 heavy (non-hydrogen) atoms. The monoisotopic (exact) mass is 522 g/mol. The minimum Gasteiger partial charge on any atom is -0.493 e. The molecule has 0 saturated heterocycles. The quantitative estimate of drug-likeness (QED) is 0.301. The molecule has 5 aromatic rings. The molecule has 11 heteroatoms. The Balaban J connectivity index is 1.66. The molecule has 0 unspecified atom stereocenters. The van der Waals surface area contributed by atoms with Crippen LogP contribution in [0.5, 0.6) is 17.2 Å². The number of anilines is 1. The van der Waals surface area contributed by atoms with Gasteiger partial charge in [0.05, 0.1) is 33.2 Å². The molecule has 1 N–H and O–H groups in total. The van der Waals surface area contributed by atoms with E-state index >= 15 is 0 Å². The van der Waals surface area contributed by atoms with Crippen molar-refractivity contribution in [1.29, 1.82) is 0 Å². The molecule has 0 aliphatic carbocycles. The summed E-state index contributed by atoms with van der Waals surface area (Å²) in [5.74, 6) is 0.0911. The van der Waals surface area contributed by atoms with Crippen LogP contribution in [0.4, 0.5) is 18.9 Å². The Labute approximate surface area is 214 Å². The van der Waals surface area contributed by atoms with Crippen molar-refractivity contribution in [2.24, 2.45) is 0 Å². The number of rotatable bonds is 6. The van der Waals surface area contributed by atoms with Crippen molar-refractivity contribution in [3.05, 3.63) is 78.1 Å². The number of benzene rings is 3. The first-order valence-corrected chi connectivity index (χ1v) is 11.3. The molecule has 0 spiro atoms. The third-order valence-corrected chi connectivity index (χ3v) is 6.01. The van der Waals surface area contributed by atoms with Gasteiger partial charge in [0, 0.05) is 16.6 Å². The van der Waals surface area contributed by atoms with Gasteiger partial charge < -0.3 is 19.5 Å². The minimum absolute atomic E-state index is 0.0659. The highest BCUT2D eigenvalue weighted by Crippen LogP contribution is 2.42. The summed E-state index contributed by atoms with van der Waals surface area (Å²) in [7, 11) is 4.20. The number of methoxy groups -OCH3 is 3. The van der Waals surface area contributed by atoms with E-state index in [1.807, 2.05) is 30.3 Å². The van der Waals surface area contributed by atoms with Crippen LogP contribution < -0.4 is 19.5 Å². The first-order valence-electron chi connectivity index (χ1n) is 11.3. The van der Waals surface area contributed by atoms with Gasteiger partial charge in [-0.25, -0.2) is 9.50 Å². The third-order valence-electron chi connectivity index (χ3n) is 6.01. The molecule has 8 nitrogen and oxygen atoms in total. The lowest BCUT2D eigenvalue weighted by atomic mass is 10.1. The van der Waals surface area contributed by atoms with Gasteiger partial charge in [-0.15, -0.1) is 0 Å². The lowest BCUT2D eigenvalue weighted by Gasteiger charge is -2.15. The largest absolute Gasteiger partial charge is 0.493 e. The van der Waals surface area contributed by atoms with Crippen molar-refractivity contribution in [3.63, 3.8) is 0 Å². The van der Waals surface area contributed by atoms with E-state index in [2.05, 4.69) is 15.4 Å². The molecule has 0 atom stereocenters. The summed E-state index contributed by atoms with van der Waals surface area (Å²) < 4.78 is 58.9. The number of fused-ring (bicyclic) bond motifs is 2. The van der Waals surface area contributed by atoms with Crippen LogP contribution in [0.2, 0.25) is 0 Å². The number of ether oxygens (including phenoxy) is 3. The van der Waals surface area contributed by atoms with Crippen LogP contribution in [0, 0.1) is 0 Å². The van der Waals surface area contributed by atoms with Crippen LogP contribution in [-0.2, 0) is 6.18 Å². The summed E-state index contributed by atoms with van der Waals surface area (Å²) in [6, 6.07) is 16.6. The molecule has 194 valence electrons. The molecule has 0 radical (unpaired) electrons. The highest BCUT2D eigenvalue weighted by Gasteiger charge is 2.36. The Kier molecular flexibility index (Phi) is 6.27. The second-order valence-electron chi connectivity index (χ2n) is 8.21. The average Bonchev–Trinajstić information content (AvgIpc) is 3.35. The maximum atomic E-state index is 14.1. The zero-order chi connectivity index (χ0) is 27.0. The molecule has 0 saturated carbocycles. The number of carbonyl (C=O) groups excluding carboxylic acids is 1. The third kappa shape index (κ3) is 4.32. The van der Waals surface area contributed by atoms with Gasteiger partial charge in [-0.1, -0.05) is 36.4 Å². The van der Waals surface area contributed by atoms with Crippen LogP contribution in [0.3, 0.4) is 0 Å². The van der Waals surface area contributed by atoms with Crippen LogP contribution in [0.25, 0.3) is 27.7 Å². The number of nitrogens with zero attached hydrogens (tertiary/aromatic N) is 3. The van der Waals surface area contributed by atoms with Crippen molar-refractivity contribution in [2.75, 3.05) is 26.6 Å². The summed E-state index contributed by atoms with van der Waals surface area (Å²) in [5.41, 5.74) is -0.795. The fraction of sp³-hybridized carbons (Fsp3) is 0.148. The Hall–Kier alpha value is -4.80. The maximum absolute atomic E-state index is 14.1. The molecular formula is C27H21F3N4O4. The number of hydrogen-bond acceptors (Lipinski definition) is 6. The van der Waals surface area contributed by atoms with Gasteiger partial charge in [0.1, 0.15) is 5.56 Å². The molecule has 3 aromatic carbocycles. The molecule has 2 aromatic heterocycles. The zero-order valence-electron chi connectivity index (χ0n) is 20.5. The van der Waals surface area contributed by atoms with E-state index in [1.54, 1.807) is 12.1 Å². The van der Waals surface area contributed by atoms with Gasteiger partial charge in [0.15, 0.2) is 22.8 Å². The SMILES string of the molecule is COc1cc(-c2cc(C(F)(F)F)n3ncc(C(=O)Nc4cccc5ccccc45)c3n2)cc(OC)c1OC. The predicted octanol–water partition coefficient (Wildman–Crippen LogP) is 5.85. The van der Waals surface area contributed by atoms with Crippen molar-refractivity contribution in [2.45, 2.75) is 6.18 Å². The zero-order valence-corrected chi connectivity index (χ0v) is 20.5. The fourth-order valence-electron chi connectivity index (χ4n) is 4.23. The summed E-state index contributed by atoms with van der Waals surface area (Å²) in [6.07, 6.45) is -3.72. The minimum atomic E-state index is -4.79. The lowest BCUT2D eigenvalue weighted by Crippen LogP contribution is -2.16. The van der Waals surface area contributed by atoms with Gasteiger partial charge in [0.25, 0.3) is 5.91 Å². The predicted molar refractivity (Wildman–Crippen MR) is 135 cm³/mol. The Morgan fingerprint density at radius 2 is 1.61 bits per heavy atom. The molecule has 2 heterocycles. The summed E-state index contributed by atoms with van der Waals surface area (Å²) >= 11 is 0. The Bertz CT molecular complexity index is 1650. The summed E-state index contributed by atoms with van der Waals surface area (Å²) in [4.78, 5) is 17.7. The smallest absolute Gasteiger partial charge is 0.433 e. The van der Waals surface area contributed by atoms with E-state index in [4.69, 9.17) is 14.2 Å². The number of nitrogens with one attached hydrogen (secondary N) is 1. The van der Waals surface area contributed by atoms with Gasteiger partial charge in [-0.3, -0.25) is 4.79 Å². The van der Waals surface area contributed by atoms with Crippen molar-refractivity contribution in [1.82, 2.24) is 14.6 Å². The van der Waals surface area contributed by atoms with E-state index in [-0.39, 0.29) is 39.7 Å². The average molecular weight is 522 g/mol. The lowest BCUT2D eigenvalue weighted by molar-refractivity contribution is -0.142. The first-order chi connectivity index (χ1) is 18.2. The van der Waals surface area contributed by atoms with Crippen LogP contribution >= 0.6 is 0 Å². The van der Waals surface area contributed by atoms with Crippen molar-refractivity contribution >= 4 is 28.0 Å². The summed E-state index contributed by atoms with van der Waals surface area (Å²) in [5, 5.41) is 8.30. The number of hydrogen-bond donors (Lipinski definition) is 1. The highest BCUT2D eigenvalue weighted by atomic mass is 19.4. The van der Waals surface area contributed by atoms with E-state index < -0.39 is 17.8 Å². The Morgan fingerprint density at radius 1 is 0.921 bits per heavy atom. The molecule has 0 bridgehead atoms. The van der Waals surface area contributed by atoms with E-state index in [0.29, 0.717) is 10.2 Å². The normalized spacial score (nSPS) is 11.5. The van der Waals surface area contributed by atoms with E-state index in [0.717, 1.165) is 23.0 Å². The second-order valence-corrected chi connectivity index (χ2v) is 8.21. The Morgan fingerprint density at radius 3 is 2.26 bits per heavy atom. The van der Waals surface area contributed by atoms with Gasteiger partial charge in [-0.2, -0.15) is 18.3 Å². The maximum Gasteiger partial charge on any atom is 0.433 e. The highest BCUT2D eigenvalue weighted by molar-refractivity contribution is 6.11. The van der Waals surface area contributed by atoms with E-state index in [9.17, 15) is 18.0 Å². The van der Waals surface area contributed by atoms with Gasteiger partial charge in [-0.05, 0) is 29.7 Å². The number of alkyl halides is 3. The first kappa shape index (κ1) is 24.9. The number of amides is 1. The van der Waals surface area contributed by atoms with Gasteiger partial charge in [0.2, 0.25) is 5.75 Å².